The molecule has 4 nitrogen and oxygen atoms in total. The van der Waals surface area contributed by atoms with Crippen LogP contribution in [0.15, 0.2) is 12.1 Å². The predicted molar refractivity (Wildman–Crippen MR) is 61.5 cm³/mol. The van der Waals surface area contributed by atoms with Gasteiger partial charge in [0.15, 0.2) is 11.6 Å². The lowest BCUT2D eigenvalue weighted by molar-refractivity contribution is -0.150. The fourth-order valence-corrected chi connectivity index (χ4v) is 1.68. The monoisotopic (exact) mass is 313 g/mol. The molecule has 0 aliphatic carbocycles. The van der Waals surface area contributed by atoms with Crippen molar-refractivity contribution in [3.05, 3.63) is 29.1 Å². The van der Waals surface area contributed by atoms with Crippen molar-refractivity contribution in [3.8, 4) is 5.75 Å². The molecule has 1 unspecified atom stereocenters. The lowest BCUT2D eigenvalue weighted by Crippen LogP contribution is -2.33. The van der Waals surface area contributed by atoms with Gasteiger partial charge in [0.05, 0.1) is 18.2 Å². The molecule has 0 aliphatic rings. The van der Waals surface area contributed by atoms with E-state index in [0.717, 1.165) is 0 Å². The zero-order valence-electron chi connectivity index (χ0n) is 10.7. The summed E-state index contributed by atoms with van der Waals surface area (Å²) in [5.74, 6) is -4.37. The molecule has 0 amide bonds. The number of phenolic OH excluding ortho intramolecular Hbond substituents is 1. The number of phenols is 1. The van der Waals surface area contributed by atoms with E-state index in [1.54, 1.807) is 0 Å². The Balaban J connectivity index is 3.33. The highest BCUT2D eigenvalue weighted by molar-refractivity contribution is 5.76. The first-order valence-electron chi connectivity index (χ1n) is 5.76. The van der Waals surface area contributed by atoms with Crippen LogP contribution in [0.1, 0.15) is 24.1 Å². The summed E-state index contributed by atoms with van der Waals surface area (Å²) in [6.45, 7) is 1.14. The van der Waals surface area contributed by atoms with Crippen LogP contribution in [-0.2, 0) is 15.7 Å². The molecule has 0 fully saturated rings. The summed E-state index contributed by atoms with van der Waals surface area (Å²) in [7, 11) is 0. The molecule has 118 valence electrons. The fraction of sp³-hybridized carbons (Fsp3) is 0.417. The zero-order chi connectivity index (χ0) is 16.4. The van der Waals surface area contributed by atoms with Gasteiger partial charge >= 0.3 is 12.1 Å². The van der Waals surface area contributed by atoms with Gasteiger partial charge in [0, 0.05) is 5.56 Å². The Hall–Kier alpha value is -1.90. The van der Waals surface area contributed by atoms with Crippen molar-refractivity contribution in [1.29, 1.82) is 0 Å². The van der Waals surface area contributed by atoms with Gasteiger partial charge in [-0.15, -0.1) is 0 Å². The number of benzene rings is 1. The molecule has 1 aromatic carbocycles. The first-order valence-corrected chi connectivity index (χ1v) is 5.76. The van der Waals surface area contributed by atoms with Gasteiger partial charge in [-0.2, -0.15) is 13.2 Å². The SMILES string of the molecule is CCOC(=O)C(F)[C@@H](N)c1c(C(F)(F)F)ccc(F)c1O. The summed E-state index contributed by atoms with van der Waals surface area (Å²) in [5.41, 5.74) is 2.47. The lowest BCUT2D eigenvalue weighted by atomic mass is 9.95. The molecule has 1 rings (SSSR count). The van der Waals surface area contributed by atoms with E-state index in [2.05, 4.69) is 4.74 Å². The number of hydrogen-bond acceptors (Lipinski definition) is 4. The highest BCUT2D eigenvalue weighted by Crippen LogP contribution is 2.40. The fourth-order valence-electron chi connectivity index (χ4n) is 1.68. The summed E-state index contributed by atoms with van der Waals surface area (Å²) in [6.07, 6.45) is -7.69. The van der Waals surface area contributed by atoms with Crippen molar-refractivity contribution in [2.24, 2.45) is 5.73 Å². The summed E-state index contributed by atoms with van der Waals surface area (Å²) in [6, 6.07) is -1.55. The summed E-state index contributed by atoms with van der Waals surface area (Å²) < 4.78 is 69.7. The minimum Gasteiger partial charge on any atom is -0.505 e. The maximum Gasteiger partial charge on any atom is 0.416 e. The van der Waals surface area contributed by atoms with Gasteiger partial charge in [-0.3, -0.25) is 0 Å². The molecule has 9 heteroatoms. The zero-order valence-corrected chi connectivity index (χ0v) is 10.7. The van der Waals surface area contributed by atoms with Crippen LogP contribution in [0, 0.1) is 5.82 Å². The van der Waals surface area contributed by atoms with Crippen molar-refractivity contribution in [2.45, 2.75) is 25.3 Å². The van der Waals surface area contributed by atoms with E-state index in [1.165, 1.54) is 6.92 Å². The van der Waals surface area contributed by atoms with E-state index in [1.807, 2.05) is 0 Å². The van der Waals surface area contributed by atoms with Crippen molar-refractivity contribution in [1.82, 2.24) is 0 Å². The summed E-state index contributed by atoms with van der Waals surface area (Å²) in [4.78, 5) is 11.2. The van der Waals surface area contributed by atoms with E-state index in [0.29, 0.717) is 12.1 Å². The van der Waals surface area contributed by atoms with E-state index in [-0.39, 0.29) is 6.61 Å². The van der Waals surface area contributed by atoms with Gasteiger partial charge in [0.2, 0.25) is 6.17 Å². The standard InChI is InChI=1S/C12H12F5NO3/c1-2-21-11(20)8(14)9(18)7-5(12(15,16)17)3-4-6(13)10(7)19/h3-4,8-9,19H,2,18H2,1H3/t8?,9-/m0/s1. The van der Waals surface area contributed by atoms with Crippen LogP contribution in [0.2, 0.25) is 0 Å². The number of ether oxygens (including phenoxy) is 1. The number of halogens is 5. The minimum absolute atomic E-state index is 0.215. The van der Waals surface area contributed by atoms with E-state index < -0.39 is 47.1 Å². The molecule has 3 N–H and O–H groups in total. The normalized spacial score (nSPS) is 14.6. The number of hydrogen-bond donors (Lipinski definition) is 2. The van der Waals surface area contributed by atoms with Gasteiger partial charge in [0.1, 0.15) is 0 Å². The van der Waals surface area contributed by atoms with E-state index >= 15 is 0 Å². The van der Waals surface area contributed by atoms with Crippen LogP contribution >= 0.6 is 0 Å². The Morgan fingerprint density at radius 2 is 2.00 bits per heavy atom. The maximum atomic E-state index is 13.7. The largest absolute Gasteiger partial charge is 0.505 e. The van der Waals surface area contributed by atoms with Crippen molar-refractivity contribution < 1.29 is 36.6 Å². The number of rotatable bonds is 4. The first kappa shape index (κ1) is 17.2. The number of carbonyl (C=O) groups is 1. The van der Waals surface area contributed by atoms with Gasteiger partial charge in [-0.25, -0.2) is 13.6 Å². The smallest absolute Gasteiger partial charge is 0.416 e. The molecular formula is C12H12F5NO3. The van der Waals surface area contributed by atoms with Crippen LogP contribution in [-0.4, -0.2) is 23.9 Å². The maximum absolute atomic E-state index is 13.7. The summed E-state index contributed by atoms with van der Waals surface area (Å²) >= 11 is 0. The highest BCUT2D eigenvalue weighted by Gasteiger charge is 2.40. The average molecular weight is 313 g/mol. The average Bonchev–Trinajstić information content (AvgIpc) is 2.39. The quantitative estimate of drug-likeness (QED) is 0.661. The Morgan fingerprint density at radius 1 is 1.43 bits per heavy atom. The van der Waals surface area contributed by atoms with Crippen LogP contribution in [0.4, 0.5) is 22.0 Å². The Morgan fingerprint density at radius 3 is 2.48 bits per heavy atom. The minimum atomic E-state index is -5.01. The second-order valence-electron chi connectivity index (χ2n) is 4.03. The molecule has 2 atom stereocenters. The third kappa shape index (κ3) is 3.60. The third-order valence-electron chi connectivity index (χ3n) is 2.63. The molecule has 0 aliphatic heterocycles. The van der Waals surface area contributed by atoms with Crippen LogP contribution in [0.25, 0.3) is 0 Å². The first-order chi connectivity index (χ1) is 9.61. The molecule has 0 spiro atoms. The van der Waals surface area contributed by atoms with E-state index in [4.69, 9.17) is 5.73 Å². The Bertz CT molecular complexity index is 532. The number of alkyl halides is 4. The Kier molecular flexibility index (Phi) is 5.10. The van der Waals surface area contributed by atoms with E-state index in [9.17, 15) is 31.9 Å². The second-order valence-corrected chi connectivity index (χ2v) is 4.03. The predicted octanol–water partition coefficient (Wildman–Crippen LogP) is 2.45. The molecule has 0 saturated heterocycles. The number of aromatic hydroxyl groups is 1. The van der Waals surface area contributed by atoms with Crippen LogP contribution in [0.3, 0.4) is 0 Å². The van der Waals surface area contributed by atoms with Gasteiger partial charge in [0.25, 0.3) is 0 Å². The molecule has 0 saturated carbocycles. The van der Waals surface area contributed by atoms with Gasteiger partial charge in [-0.1, -0.05) is 0 Å². The van der Waals surface area contributed by atoms with Crippen molar-refractivity contribution in [2.75, 3.05) is 6.61 Å². The molecule has 0 heterocycles. The molecule has 0 radical (unpaired) electrons. The third-order valence-corrected chi connectivity index (χ3v) is 2.63. The second kappa shape index (κ2) is 6.25. The number of carbonyl (C=O) groups excluding carboxylic acids is 1. The van der Waals surface area contributed by atoms with Crippen LogP contribution in [0.5, 0.6) is 5.75 Å². The number of nitrogens with two attached hydrogens (primary N) is 1. The topological polar surface area (TPSA) is 72.5 Å². The van der Waals surface area contributed by atoms with Crippen molar-refractivity contribution in [3.63, 3.8) is 0 Å². The molecule has 0 aromatic heterocycles. The molecular weight excluding hydrogens is 301 g/mol. The Labute approximate surface area is 116 Å². The van der Waals surface area contributed by atoms with Crippen molar-refractivity contribution >= 4 is 5.97 Å². The van der Waals surface area contributed by atoms with Gasteiger partial charge in [-0.05, 0) is 19.1 Å². The molecule has 1 aromatic rings. The molecule has 21 heavy (non-hydrogen) atoms. The summed E-state index contributed by atoms with van der Waals surface area (Å²) in [5, 5.41) is 9.40. The number of esters is 1. The van der Waals surface area contributed by atoms with Crippen LogP contribution < -0.4 is 5.73 Å². The molecule has 0 bridgehead atoms. The highest BCUT2D eigenvalue weighted by atomic mass is 19.4. The lowest BCUT2D eigenvalue weighted by Gasteiger charge is -2.21. The van der Waals surface area contributed by atoms with Gasteiger partial charge < -0.3 is 15.6 Å².